The summed E-state index contributed by atoms with van der Waals surface area (Å²) in [6.07, 6.45) is 1.69. The lowest BCUT2D eigenvalue weighted by Gasteiger charge is -2.23. The molecule has 2 heterocycles. The molecule has 9 nitrogen and oxygen atoms in total. The molecule has 2 amide bonds. The predicted molar refractivity (Wildman–Crippen MR) is 110 cm³/mol. The van der Waals surface area contributed by atoms with Gasteiger partial charge in [0.25, 0.3) is 5.91 Å². The van der Waals surface area contributed by atoms with Crippen LogP contribution in [0, 0.1) is 0 Å². The molecule has 0 spiro atoms. The van der Waals surface area contributed by atoms with Crippen LogP contribution in [-0.2, 0) is 9.59 Å². The third-order valence-electron chi connectivity index (χ3n) is 4.58. The van der Waals surface area contributed by atoms with E-state index in [4.69, 9.17) is 9.47 Å². The van der Waals surface area contributed by atoms with Crippen LogP contribution in [0.3, 0.4) is 0 Å². The molecule has 9 heteroatoms. The maximum absolute atomic E-state index is 12.1. The van der Waals surface area contributed by atoms with Crippen LogP contribution >= 0.6 is 0 Å². The highest BCUT2D eigenvalue weighted by atomic mass is 16.5. The minimum absolute atomic E-state index is 0.105. The summed E-state index contributed by atoms with van der Waals surface area (Å²) < 4.78 is 12.6. The van der Waals surface area contributed by atoms with Crippen LogP contribution in [0.4, 0.5) is 11.6 Å². The van der Waals surface area contributed by atoms with Crippen molar-refractivity contribution in [2.75, 3.05) is 23.8 Å². The molecule has 1 atom stereocenters. The summed E-state index contributed by atoms with van der Waals surface area (Å²) in [4.78, 5) is 28.1. The van der Waals surface area contributed by atoms with Crippen molar-refractivity contribution in [3.63, 3.8) is 0 Å². The van der Waals surface area contributed by atoms with Crippen LogP contribution in [0.5, 0.6) is 11.5 Å². The van der Waals surface area contributed by atoms with Gasteiger partial charge >= 0.3 is 0 Å². The second kappa shape index (κ2) is 8.64. The summed E-state index contributed by atoms with van der Waals surface area (Å²) in [6, 6.07) is 14.2. The average Bonchev–Trinajstić information content (AvgIpc) is 3.22. The second-order valence-corrected chi connectivity index (χ2v) is 6.66. The van der Waals surface area contributed by atoms with Crippen molar-refractivity contribution >= 4 is 23.5 Å². The molecule has 1 aliphatic heterocycles. The first kappa shape index (κ1) is 19.4. The van der Waals surface area contributed by atoms with Crippen molar-refractivity contribution in [3.05, 3.63) is 60.4 Å². The molecular formula is C21H21N5O4. The van der Waals surface area contributed by atoms with Gasteiger partial charge in [-0.15, -0.1) is 0 Å². The van der Waals surface area contributed by atoms with Crippen molar-refractivity contribution in [1.82, 2.24) is 14.8 Å². The molecule has 0 bridgehead atoms. The van der Waals surface area contributed by atoms with Crippen LogP contribution in [0.2, 0.25) is 0 Å². The topological polar surface area (TPSA) is 107 Å². The van der Waals surface area contributed by atoms with Gasteiger partial charge < -0.3 is 14.8 Å². The third kappa shape index (κ3) is 4.40. The number of aromatic nitrogens is 3. The van der Waals surface area contributed by atoms with Crippen molar-refractivity contribution in [3.8, 4) is 11.5 Å². The normalized spacial score (nSPS) is 15.1. The quantitative estimate of drug-likeness (QED) is 0.623. The highest BCUT2D eigenvalue weighted by molar-refractivity contribution is 5.92. The monoisotopic (exact) mass is 407 g/mol. The summed E-state index contributed by atoms with van der Waals surface area (Å²) >= 11 is 0. The number of ether oxygens (including phenoxy) is 2. The first-order valence-corrected chi connectivity index (χ1v) is 9.57. The number of amides is 2. The van der Waals surface area contributed by atoms with E-state index in [-0.39, 0.29) is 30.9 Å². The zero-order chi connectivity index (χ0) is 20.9. The molecule has 1 aromatic heterocycles. The maximum atomic E-state index is 12.1. The molecule has 4 rings (SSSR count). The zero-order valence-corrected chi connectivity index (χ0v) is 16.4. The van der Waals surface area contributed by atoms with E-state index < -0.39 is 0 Å². The third-order valence-corrected chi connectivity index (χ3v) is 4.58. The van der Waals surface area contributed by atoms with Gasteiger partial charge in [0.1, 0.15) is 17.8 Å². The van der Waals surface area contributed by atoms with E-state index >= 15 is 0 Å². The smallest absolute Gasteiger partial charge is 0.262 e. The van der Waals surface area contributed by atoms with Crippen LogP contribution in [0.15, 0.2) is 54.9 Å². The summed E-state index contributed by atoms with van der Waals surface area (Å²) in [6.45, 7) is 2.38. The maximum Gasteiger partial charge on any atom is 0.262 e. The number of benzene rings is 2. The standard InChI is InChI=1S/C21H21N5O4/c1-2-29-16-9-5-15(6-10-16)24-20(28)12-30-17-7-3-14(4-8-17)18-11-19(27)25-21-22-13-23-26(18)21/h3-10,13,18H,2,11-12H2,1H3,(H,24,28)(H,22,23,25,27). The van der Waals surface area contributed by atoms with Gasteiger partial charge in [0.2, 0.25) is 11.9 Å². The van der Waals surface area contributed by atoms with Crippen molar-refractivity contribution < 1.29 is 19.1 Å². The summed E-state index contributed by atoms with van der Waals surface area (Å²) in [5, 5.41) is 9.65. The average molecular weight is 407 g/mol. The van der Waals surface area contributed by atoms with Crippen LogP contribution in [0.25, 0.3) is 0 Å². The summed E-state index contributed by atoms with van der Waals surface area (Å²) in [5.74, 6) is 1.37. The molecule has 2 aromatic carbocycles. The minimum Gasteiger partial charge on any atom is -0.494 e. The van der Waals surface area contributed by atoms with Crippen LogP contribution in [0.1, 0.15) is 24.9 Å². The molecule has 2 N–H and O–H groups in total. The number of carbonyl (C=O) groups is 2. The number of carbonyl (C=O) groups excluding carboxylic acids is 2. The summed E-state index contributed by atoms with van der Waals surface area (Å²) in [5.41, 5.74) is 1.57. The molecule has 1 unspecified atom stereocenters. The van der Waals surface area contributed by atoms with Crippen LogP contribution < -0.4 is 20.1 Å². The molecule has 0 saturated carbocycles. The van der Waals surface area contributed by atoms with Crippen molar-refractivity contribution in [1.29, 1.82) is 0 Å². The van der Waals surface area contributed by atoms with E-state index in [0.29, 0.717) is 24.0 Å². The van der Waals surface area contributed by atoms with E-state index in [1.54, 1.807) is 41.1 Å². The van der Waals surface area contributed by atoms with Crippen molar-refractivity contribution in [2.45, 2.75) is 19.4 Å². The van der Waals surface area contributed by atoms with E-state index in [9.17, 15) is 9.59 Å². The lowest BCUT2D eigenvalue weighted by molar-refractivity contribution is -0.118. The van der Waals surface area contributed by atoms with E-state index in [0.717, 1.165) is 11.3 Å². The molecule has 0 saturated heterocycles. The fraction of sp³-hybridized carbons (Fsp3) is 0.238. The number of hydrogen-bond acceptors (Lipinski definition) is 6. The molecular weight excluding hydrogens is 386 g/mol. The Balaban J connectivity index is 1.33. The largest absolute Gasteiger partial charge is 0.494 e. The SMILES string of the molecule is CCOc1ccc(NC(=O)COc2ccc(C3CC(=O)Nc4ncnn43)cc2)cc1. The highest BCUT2D eigenvalue weighted by Crippen LogP contribution is 2.29. The number of rotatable bonds is 7. The number of anilines is 2. The summed E-state index contributed by atoms with van der Waals surface area (Å²) in [7, 11) is 0. The Labute approximate surface area is 173 Å². The van der Waals surface area contributed by atoms with E-state index in [1.165, 1.54) is 6.33 Å². The second-order valence-electron chi connectivity index (χ2n) is 6.66. The minimum atomic E-state index is -0.264. The van der Waals surface area contributed by atoms with Gasteiger partial charge in [-0.2, -0.15) is 10.1 Å². The number of fused-ring (bicyclic) bond motifs is 1. The number of nitrogens with zero attached hydrogens (tertiary/aromatic N) is 3. The fourth-order valence-electron chi connectivity index (χ4n) is 3.20. The first-order valence-electron chi connectivity index (χ1n) is 9.57. The fourth-order valence-corrected chi connectivity index (χ4v) is 3.20. The van der Waals surface area contributed by atoms with Gasteiger partial charge in [-0.1, -0.05) is 12.1 Å². The Kier molecular flexibility index (Phi) is 5.60. The Morgan fingerprint density at radius 2 is 1.83 bits per heavy atom. The van der Waals surface area contributed by atoms with Gasteiger partial charge in [0, 0.05) is 5.69 Å². The van der Waals surface area contributed by atoms with Crippen molar-refractivity contribution in [2.24, 2.45) is 0 Å². The predicted octanol–water partition coefficient (Wildman–Crippen LogP) is 2.63. The number of nitrogens with one attached hydrogen (secondary N) is 2. The molecule has 30 heavy (non-hydrogen) atoms. The van der Waals surface area contributed by atoms with E-state index in [2.05, 4.69) is 20.7 Å². The van der Waals surface area contributed by atoms with E-state index in [1.807, 2.05) is 19.1 Å². The zero-order valence-electron chi connectivity index (χ0n) is 16.4. The molecule has 0 aliphatic carbocycles. The molecule has 154 valence electrons. The van der Waals surface area contributed by atoms with Crippen LogP contribution in [-0.4, -0.2) is 39.8 Å². The first-order chi connectivity index (χ1) is 14.6. The Morgan fingerprint density at radius 3 is 2.57 bits per heavy atom. The van der Waals surface area contributed by atoms with Gasteiger partial charge in [-0.05, 0) is 48.9 Å². The van der Waals surface area contributed by atoms with Gasteiger partial charge in [-0.25, -0.2) is 4.68 Å². The Morgan fingerprint density at radius 1 is 1.13 bits per heavy atom. The molecule has 0 fully saturated rings. The molecule has 0 radical (unpaired) electrons. The highest BCUT2D eigenvalue weighted by Gasteiger charge is 2.27. The van der Waals surface area contributed by atoms with Gasteiger partial charge in [0.15, 0.2) is 6.61 Å². The lowest BCUT2D eigenvalue weighted by atomic mass is 10.0. The van der Waals surface area contributed by atoms with Gasteiger partial charge in [-0.3, -0.25) is 14.9 Å². The Hall–Kier alpha value is -3.88. The molecule has 1 aliphatic rings. The van der Waals surface area contributed by atoms with Gasteiger partial charge in [0.05, 0.1) is 19.1 Å². The Bertz CT molecular complexity index is 1030. The molecule has 3 aromatic rings. The lowest BCUT2D eigenvalue weighted by Crippen LogP contribution is -2.29. The number of hydrogen-bond donors (Lipinski definition) is 2.